The number of aromatic nitrogens is 1. The summed E-state index contributed by atoms with van der Waals surface area (Å²) in [7, 11) is 1.48. The minimum Gasteiger partial charge on any atom is -0.469 e. The Balaban J connectivity index is 1.93. The van der Waals surface area contributed by atoms with Gasteiger partial charge in [0.05, 0.1) is 25.6 Å². The number of aromatic amines is 1. The molecule has 25 heavy (non-hydrogen) atoms. The maximum absolute atomic E-state index is 12.7. The first kappa shape index (κ1) is 16.3. The lowest BCUT2D eigenvalue weighted by Gasteiger charge is -2.49. The monoisotopic (exact) mass is 340 g/mol. The van der Waals surface area contributed by atoms with Gasteiger partial charge in [0.15, 0.2) is 0 Å². The smallest absolute Gasteiger partial charge is 0.313 e. The van der Waals surface area contributed by atoms with Crippen LogP contribution >= 0.6 is 0 Å². The Hall–Kier alpha value is -2.14. The van der Waals surface area contributed by atoms with Crippen molar-refractivity contribution in [3.8, 4) is 0 Å². The highest BCUT2D eigenvalue weighted by atomic mass is 16.5. The van der Waals surface area contributed by atoms with Gasteiger partial charge in [0, 0.05) is 23.1 Å². The van der Waals surface area contributed by atoms with Crippen molar-refractivity contribution in [3.63, 3.8) is 0 Å². The first-order valence-corrected chi connectivity index (χ1v) is 9.05. The van der Waals surface area contributed by atoms with Crippen molar-refractivity contribution in [2.24, 2.45) is 11.8 Å². The number of aldehydes is 1. The number of carbonyl (C=O) groups is 2. The van der Waals surface area contributed by atoms with Crippen molar-refractivity contribution in [1.29, 1.82) is 0 Å². The number of esters is 1. The first-order chi connectivity index (χ1) is 12.2. The number of likely N-dealkylation sites (tertiary alicyclic amines) is 1. The predicted molar refractivity (Wildman–Crippen MR) is 95.3 cm³/mol. The summed E-state index contributed by atoms with van der Waals surface area (Å²) >= 11 is 0. The van der Waals surface area contributed by atoms with Crippen LogP contribution in [0.5, 0.6) is 0 Å². The van der Waals surface area contributed by atoms with Gasteiger partial charge in [-0.05, 0) is 29.9 Å². The summed E-state index contributed by atoms with van der Waals surface area (Å²) < 4.78 is 5.20. The molecule has 4 atom stereocenters. The van der Waals surface area contributed by atoms with Crippen molar-refractivity contribution >= 4 is 23.2 Å². The SMILES string of the molecule is CC[C@@H]1CN(CC=O)[C@H]2C[C@@H]1[C@H](C(=O)OC)c1c2[nH]c2ccccc12. The van der Waals surface area contributed by atoms with E-state index >= 15 is 0 Å². The third-order valence-corrected chi connectivity index (χ3v) is 6.15. The molecule has 1 N–H and O–H groups in total. The molecule has 132 valence electrons. The molecule has 0 spiro atoms. The number of piperidine rings is 1. The van der Waals surface area contributed by atoms with E-state index in [4.69, 9.17) is 4.74 Å². The summed E-state index contributed by atoms with van der Waals surface area (Å²) in [4.78, 5) is 29.7. The fourth-order valence-corrected chi connectivity index (χ4v) is 5.02. The molecule has 1 aromatic heterocycles. The molecule has 0 amide bonds. The maximum atomic E-state index is 12.7. The molecule has 0 unspecified atom stereocenters. The number of H-pyrrole nitrogens is 1. The van der Waals surface area contributed by atoms with Crippen LogP contribution in [0.2, 0.25) is 0 Å². The minimum atomic E-state index is -0.226. The highest BCUT2D eigenvalue weighted by molar-refractivity contribution is 5.92. The summed E-state index contributed by atoms with van der Waals surface area (Å²) in [6.07, 6.45) is 2.88. The normalized spacial score (nSPS) is 28.6. The molecular formula is C20H24N2O3. The Morgan fingerprint density at radius 3 is 2.92 bits per heavy atom. The van der Waals surface area contributed by atoms with Crippen molar-refractivity contribution in [1.82, 2.24) is 9.88 Å². The zero-order valence-electron chi connectivity index (χ0n) is 14.7. The molecular weight excluding hydrogens is 316 g/mol. The molecule has 0 saturated carbocycles. The van der Waals surface area contributed by atoms with Gasteiger partial charge in [-0.2, -0.15) is 0 Å². The molecule has 2 heterocycles. The van der Waals surface area contributed by atoms with Gasteiger partial charge in [0.1, 0.15) is 6.29 Å². The molecule has 1 aliphatic heterocycles. The van der Waals surface area contributed by atoms with Gasteiger partial charge < -0.3 is 14.5 Å². The number of methoxy groups -OCH3 is 1. The highest BCUT2D eigenvalue weighted by Crippen LogP contribution is 2.53. The number of nitrogens with one attached hydrogen (secondary N) is 1. The maximum Gasteiger partial charge on any atom is 0.313 e. The largest absolute Gasteiger partial charge is 0.469 e. The Labute approximate surface area is 147 Å². The van der Waals surface area contributed by atoms with Gasteiger partial charge >= 0.3 is 5.97 Å². The van der Waals surface area contributed by atoms with E-state index < -0.39 is 0 Å². The van der Waals surface area contributed by atoms with Crippen LogP contribution in [0.3, 0.4) is 0 Å². The second kappa shape index (κ2) is 6.30. The molecule has 2 aromatic rings. The summed E-state index contributed by atoms with van der Waals surface area (Å²) in [5.74, 6) is 0.284. The Bertz CT molecular complexity index is 812. The molecule has 1 fully saturated rings. The van der Waals surface area contributed by atoms with E-state index in [0.29, 0.717) is 12.5 Å². The van der Waals surface area contributed by atoms with Crippen molar-refractivity contribution in [2.75, 3.05) is 20.2 Å². The molecule has 2 bridgehead atoms. The molecule has 5 nitrogen and oxygen atoms in total. The fraction of sp³-hybridized carbons (Fsp3) is 0.500. The number of nitrogens with zero attached hydrogens (tertiary/aromatic N) is 1. The minimum absolute atomic E-state index is 0.142. The van der Waals surface area contributed by atoms with Gasteiger partial charge in [-0.15, -0.1) is 0 Å². The van der Waals surface area contributed by atoms with Gasteiger partial charge in [-0.25, -0.2) is 0 Å². The molecule has 5 heteroatoms. The van der Waals surface area contributed by atoms with E-state index in [0.717, 1.165) is 47.8 Å². The summed E-state index contributed by atoms with van der Waals surface area (Å²) in [5, 5.41) is 1.10. The number of benzene rings is 1. The summed E-state index contributed by atoms with van der Waals surface area (Å²) in [6, 6.07) is 8.30. The van der Waals surface area contributed by atoms with Gasteiger partial charge in [-0.3, -0.25) is 9.69 Å². The molecule has 2 aliphatic rings. The third kappa shape index (κ3) is 2.41. The van der Waals surface area contributed by atoms with Crippen LogP contribution in [0.15, 0.2) is 24.3 Å². The van der Waals surface area contributed by atoms with Crippen molar-refractivity contribution in [2.45, 2.75) is 31.7 Å². The van der Waals surface area contributed by atoms with E-state index in [9.17, 15) is 9.59 Å². The second-order valence-electron chi connectivity index (χ2n) is 7.20. The van der Waals surface area contributed by atoms with E-state index in [2.05, 4.69) is 22.9 Å². The van der Waals surface area contributed by atoms with E-state index in [1.54, 1.807) is 0 Å². The standard InChI is InChI=1S/C20H24N2O3/c1-3-12-11-22(8-9-23)16-10-14(12)18(20(24)25-2)17-13-6-4-5-7-15(13)21-19(16)17/h4-7,9,12,14,16,18,21H,3,8,10-11H2,1-2H3/t12-,14+,16+,18+/m1/s1. The summed E-state index contributed by atoms with van der Waals surface area (Å²) in [5.41, 5.74) is 3.22. The zero-order chi connectivity index (χ0) is 17.6. The second-order valence-corrected chi connectivity index (χ2v) is 7.20. The van der Waals surface area contributed by atoms with Gasteiger partial charge in [0.2, 0.25) is 0 Å². The summed E-state index contributed by atoms with van der Waals surface area (Å²) in [6.45, 7) is 3.46. The van der Waals surface area contributed by atoms with Crippen LogP contribution in [0, 0.1) is 11.8 Å². The van der Waals surface area contributed by atoms with Gasteiger partial charge in [-0.1, -0.05) is 31.5 Å². The van der Waals surface area contributed by atoms with Gasteiger partial charge in [0.25, 0.3) is 0 Å². The lowest BCUT2D eigenvalue weighted by Crippen LogP contribution is -2.49. The zero-order valence-corrected chi connectivity index (χ0v) is 14.7. The van der Waals surface area contributed by atoms with Crippen LogP contribution in [-0.2, 0) is 14.3 Å². The first-order valence-electron chi connectivity index (χ1n) is 9.05. The van der Waals surface area contributed by atoms with E-state index in [-0.39, 0.29) is 23.8 Å². The Kier molecular flexibility index (Phi) is 4.12. The highest BCUT2D eigenvalue weighted by Gasteiger charge is 2.49. The van der Waals surface area contributed by atoms with Crippen molar-refractivity contribution in [3.05, 3.63) is 35.5 Å². The lowest BCUT2D eigenvalue weighted by atomic mass is 9.65. The Morgan fingerprint density at radius 1 is 1.40 bits per heavy atom. The molecule has 0 radical (unpaired) electrons. The number of rotatable bonds is 4. The molecule has 4 rings (SSSR count). The topological polar surface area (TPSA) is 62.4 Å². The van der Waals surface area contributed by atoms with Crippen LogP contribution in [0.1, 0.15) is 43.0 Å². The lowest BCUT2D eigenvalue weighted by molar-refractivity contribution is -0.146. The number of carbonyl (C=O) groups excluding carboxylic acids is 2. The number of fused-ring (bicyclic) bond motifs is 6. The van der Waals surface area contributed by atoms with Crippen LogP contribution in [0.4, 0.5) is 0 Å². The third-order valence-electron chi connectivity index (χ3n) is 6.15. The van der Waals surface area contributed by atoms with Crippen molar-refractivity contribution < 1.29 is 14.3 Å². The average molecular weight is 340 g/mol. The number of ether oxygens (including phenoxy) is 1. The van der Waals surface area contributed by atoms with E-state index in [1.807, 2.05) is 18.2 Å². The molecule has 1 saturated heterocycles. The number of para-hydroxylation sites is 1. The fourth-order valence-electron chi connectivity index (χ4n) is 5.02. The number of hydrogen-bond acceptors (Lipinski definition) is 4. The predicted octanol–water partition coefficient (Wildman–Crippen LogP) is 3.03. The van der Waals surface area contributed by atoms with E-state index in [1.165, 1.54) is 7.11 Å². The number of hydrogen-bond donors (Lipinski definition) is 1. The molecule has 1 aliphatic carbocycles. The molecule has 1 aromatic carbocycles. The van der Waals surface area contributed by atoms with Crippen LogP contribution in [0.25, 0.3) is 10.9 Å². The Morgan fingerprint density at radius 2 is 2.20 bits per heavy atom. The van der Waals surface area contributed by atoms with Crippen LogP contribution < -0.4 is 0 Å². The van der Waals surface area contributed by atoms with Crippen LogP contribution in [-0.4, -0.2) is 42.3 Å². The average Bonchev–Trinajstić information content (AvgIpc) is 3.03. The quantitative estimate of drug-likeness (QED) is 0.686.